The van der Waals surface area contributed by atoms with Gasteiger partial charge in [-0.15, -0.1) is 0 Å². The van der Waals surface area contributed by atoms with Crippen LogP contribution in [-0.4, -0.2) is 20.4 Å². The molecule has 0 bridgehead atoms. The Balaban J connectivity index is 1.70. The number of carbonyl (C=O) groups is 1. The van der Waals surface area contributed by atoms with Crippen LogP contribution in [0.15, 0.2) is 12.1 Å². The fourth-order valence-electron chi connectivity index (χ4n) is 3.92. The van der Waals surface area contributed by atoms with Gasteiger partial charge in [0.2, 0.25) is 11.9 Å². The summed E-state index contributed by atoms with van der Waals surface area (Å²) in [6.45, 7) is 4.03. The summed E-state index contributed by atoms with van der Waals surface area (Å²) in [7, 11) is 0. The second-order valence-electron chi connectivity index (χ2n) is 8.23. The van der Waals surface area contributed by atoms with E-state index in [0.29, 0.717) is 29.7 Å². The summed E-state index contributed by atoms with van der Waals surface area (Å²) >= 11 is 0. The molecule has 2 heterocycles. The van der Waals surface area contributed by atoms with E-state index < -0.39 is 11.9 Å². The second kappa shape index (κ2) is 6.21. The van der Waals surface area contributed by atoms with Crippen molar-refractivity contribution >= 4 is 23.0 Å². The monoisotopic (exact) mass is 380 g/mol. The van der Waals surface area contributed by atoms with Crippen molar-refractivity contribution < 1.29 is 18.0 Å². The highest BCUT2D eigenvalue weighted by atomic mass is 19.4. The Kier molecular flexibility index (Phi) is 4.20. The van der Waals surface area contributed by atoms with Gasteiger partial charge in [-0.2, -0.15) is 13.2 Å². The Morgan fingerprint density at radius 2 is 2.04 bits per heavy atom. The molecule has 1 atom stereocenters. The van der Waals surface area contributed by atoms with Crippen molar-refractivity contribution in [3.05, 3.63) is 17.8 Å². The van der Waals surface area contributed by atoms with E-state index >= 15 is 0 Å². The lowest BCUT2D eigenvalue weighted by Gasteiger charge is -2.40. The van der Waals surface area contributed by atoms with Gasteiger partial charge in [0, 0.05) is 12.0 Å². The minimum Gasteiger partial charge on any atom is -0.296 e. The summed E-state index contributed by atoms with van der Waals surface area (Å²) in [5.41, 5.74) is -0.782. The maximum absolute atomic E-state index is 13.1. The van der Waals surface area contributed by atoms with Gasteiger partial charge in [0.25, 0.3) is 0 Å². The van der Waals surface area contributed by atoms with Crippen LogP contribution >= 0.6 is 0 Å². The molecule has 5 nitrogen and oxygen atoms in total. The van der Waals surface area contributed by atoms with Crippen molar-refractivity contribution in [2.75, 3.05) is 5.32 Å². The van der Waals surface area contributed by atoms with E-state index in [4.69, 9.17) is 0 Å². The molecule has 8 heteroatoms. The number of imidazole rings is 1. The predicted octanol–water partition coefficient (Wildman–Crippen LogP) is 4.72. The Labute approximate surface area is 155 Å². The van der Waals surface area contributed by atoms with Crippen LogP contribution in [0.1, 0.15) is 58.1 Å². The van der Waals surface area contributed by atoms with Gasteiger partial charge in [0.05, 0.1) is 0 Å². The number of hydrogen-bond donors (Lipinski definition) is 1. The Hall–Kier alpha value is -2.12. The van der Waals surface area contributed by atoms with Crippen molar-refractivity contribution in [2.24, 2.45) is 11.8 Å². The molecule has 2 aliphatic carbocycles. The van der Waals surface area contributed by atoms with Crippen molar-refractivity contribution in [1.29, 1.82) is 0 Å². The second-order valence-corrected chi connectivity index (χ2v) is 8.23. The Bertz CT molecular complexity index is 881. The molecule has 1 N–H and O–H groups in total. The summed E-state index contributed by atoms with van der Waals surface area (Å²) < 4.78 is 41.1. The largest absolute Gasteiger partial charge is 0.433 e. The van der Waals surface area contributed by atoms with E-state index in [1.165, 1.54) is 6.07 Å². The molecule has 0 aromatic carbocycles. The van der Waals surface area contributed by atoms with Crippen molar-refractivity contribution in [3.8, 4) is 0 Å². The number of anilines is 1. The molecule has 0 saturated heterocycles. The molecule has 0 radical (unpaired) electrons. The van der Waals surface area contributed by atoms with E-state index in [1.807, 2.05) is 6.92 Å². The minimum absolute atomic E-state index is 0.148. The number of nitrogens with zero attached hydrogens (tertiary/aromatic N) is 3. The Morgan fingerprint density at radius 3 is 2.59 bits per heavy atom. The van der Waals surface area contributed by atoms with Gasteiger partial charge < -0.3 is 0 Å². The van der Waals surface area contributed by atoms with Crippen LogP contribution in [0.2, 0.25) is 0 Å². The average molecular weight is 380 g/mol. The molecular formula is C19H23F3N4O. The molecule has 2 fully saturated rings. The summed E-state index contributed by atoms with van der Waals surface area (Å²) in [5.74, 6) is 1.06. The molecule has 1 amide bonds. The number of nitrogens with one attached hydrogen (secondary N) is 1. The lowest BCUT2D eigenvalue weighted by Crippen LogP contribution is -2.38. The smallest absolute Gasteiger partial charge is 0.296 e. The van der Waals surface area contributed by atoms with Crippen LogP contribution in [-0.2, 0) is 16.5 Å². The first-order valence-electron chi connectivity index (χ1n) is 9.44. The van der Waals surface area contributed by atoms with Crippen molar-refractivity contribution in [1.82, 2.24) is 14.5 Å². The van der Waals surface area contributed by atoms with Crippen molar-refractivity contribution in [3.63, 3.8) is 0 Å². The van der Waals surface area contributed by atoms with E-state index in [2.05, 4.69) is 22.2 Å². The van der Waals surface area contributed by atoms with E-state index in [0.717, 1.165) is 38.2 Å². The molecule has 0 aliphatic heterocycles. The normalized spacial score (nSPS) is 20.3. The van der Waals surface area contributed by atoms with Crippen LogP contribution in [0.5, 0.6) is 0 Å². The first kappa shape index (κ1) is 18.3. The molecule has 146 valence electrons. The zero-order valence-corrected chi connectivity index (χ0v) is 15.4. The minimum atomic E-state index is -4.52. The van der Waals surface area contributed by atoms with Crippen molar-refractivity contribution in [2.45, 2.75) is 64.1 Å². The van der Waals surface area contributed by atoms with E-state index in [-0.39, 0.29) is 17.1 Å². The van der Waals surface area contributed by atoms with Gasteiger partial charge in [-0.25, -0.2) is 9.97 Å². The SMILES string of the molecule is C[C@H](CC(=O)Nc1nc2ccc(C(F)(F)F)nc2n1C1(C)CCC1)C1CC1. The summed E-state index contributed by atoms with van der Waals surface area (Å²) in [6, 6.07) is 2.26. The number of rotatable bonds is 5. The lowest BCUT2D eigenvalue weighted by molar-refractivity contribution is -0.141. The maximum Gasteiger partial charge on any atom is 0.433 e. The average Bonchev–Trinajstić information content (AvgIpc) is 3.33. The standard InChI is InChI=1S/C19H23F3N4O/c1-11(12-4-5-12)10-15(27)25-17-23-13-6-7-14(19(20,21)22)24-16(13)26(17)18(2)8-3-9-18/h6-7,11-12H,3-5,8-10H2,1-2H3,(H,23,25,27)/t11-/m1/s1. The maximum atomic E-state index is 13.1. The summed E-state index contributed by atoms with van der Waals surface area (Å²) in [5, 5.41) is 2.84. The molecule has 0 spiro atoms. The zero-order valence-electron chi connectivity index (χ0n) is 15.4. The van der Waals surface area contributed by atoms with Crippen LogP contribution < -0.4 is 5.32 Å². The molecule has 27 heavy (non-hydrogen) atoms. The highest BCUT2D eigenvalue weighted by molar-refractivity contribution is 5.91. The van der Waals surface area contributed by atoms with Crippen LogP contribution in [0, 0.1) is 11.8 Å². The number of carbonyl (C=O) groups excluding carboxylic acids is 1. The first-order valence-corrected chi connectivity index (χ1v) is 9.44. The molecule has 0 unspecified atom stereocenters. The number of halogens is 3. The number of alkyl halides is 3. The third-order valence-corrected chi connectivity index (χ3v) is 5.95. The Morgan fingerprint density at radius 1 is 1.33 bits per heavy atom. The quantitative estimate of drug-likeness (QED) is 0.816. The third-order valence-electron chi connectivity index (χ3n) is 5.95. The highest BCUT2D eigenvalue weighted by Gasteiger charge is 2.39. The van der Waals surface area contributed by atoms with Gasteiger partial charge >= 0.3 is 6.18 Å². The predicted molar refractivity (Wildman–Crippen MR) is 95.2 cm³/mol. The zero-order chi connectivity index (χ0) is 19.4. The van der Waals surface area contributed by atoms with Crippen LogP contribution in [0.3, 0.4) is 0 Å². The van der Waals surface area contributed by atoms with E-state index in [9.17, 15) is 18.0 Å². The van der Waals surface area contributed by atoms with E-state index in [1.54, 1.807) is 4.57 Å². The fourth-order valence-corrected chi connectivity index (χ4v) is 3.92. The number of aromatic nitrogens is 3. The van der Waals surface area contributed by atoms with Crippen LogP contribution in [0.4, 0.5) is 19.1 Å². The van der Waals surface area contributed by atoms with Gasteiger partial charge in [0.1, 0.15) is 11.2 Å². The topological polar surface area (TPSA) is 59.8 Å². The fraction of sp³-hybridized carbons (Fsp3) is 0.632. The summed E-state index contributed by atoms with van der Waals surface area (Å²) in [4.78, 5) is 20.7. The van der Waals surface area contributed by atoms with Gasteiger partial charge in [0.15, 0.2) is 5.65 Å². The van der Waals surface area contributed by atoms with Gasteiger partial charge in [-0.1, -0.05) is 6.92 Å². The lowest BCUT2D eigenvalue weighted by atomic mass is 9.78. The number of hydrogen-bond acceptors (Lipinski definition) is 3. The highest BCUT2D eigenvalue weighted by Crippen LogP contribution is 2.43. The van der Waals surface area contributed by atoms with Gasteiger partial charge in [-0.05, 0) is 63.0 Å². The number of amides is 1. The molecular weight excluding hydrogens is 357 g/mol. The molecule has 2 saturated carbocycles. The van der Waals surface area contributed by atoms with Gasteiger partial charge in [-0.3, -0.25) is 14.7 Å². The molecule has 2 aliphatic rings. The third kappa shape index (κ3) is 3.41. The molecule has 4 rings (SSSR count). The molecule has 2 aromatic rings. The number of fused-ring (bicyclic) bond motifs is 1. The van der Waals surface area contributed by atoms with Crippen LogP contribution in [0.25, 0.3) is 11.2 Å². The summed E-state index contributed by atoms with van der Waals surface area (Å²) in [6.07, 6.45) is 0.819. The first-order chi connectivity index (χ1) is 12.7. The number of pyridine rings is 1. The molecule has 2 aromatic heterocycles.